The summed E-state index contributed by atoms with van der Waals surface area (Å²) < 4.78 is 26.6. The molecule has 2 rings (SSSR count). The summed E-state index contributed by atoms with van der Waals surface area (Å²) in [6.45, 7) is 7.17. The maximum absolute atomic E-state index is 13.5. The minimum absolute atomic E-state index is 0.316. The average molecular weight is 275 g/mol. The molecule has 1 N–H and O–H groups in total. The molecule has 0 aliphatic heterocycles. The number of nitrogens with one attached hydrogen (secondary N) is 1. The standard InChI is InChI=1S/C17H19F2N/c1-11-6-12(2)16(13(3)7-11)10-20-9-14-8-15(18)4-5-17(14)19/h4-8,20H,9-10H2,1-3H3. The molecule has 0 radical (unpaired) electrons. The second-order valence-electron chi connectivity index (χ2n) is 5.22. The Morgan fingerprint density at radius 3 is 2.20 bits per heavy atom. The third-order valence-electron chi connectivity index (χ3n) is 3.47. The molecule has 2 aromatic rings. The van der Waals surface area contributed by atoms with Crippen molar-refractivity contribution in [1.29, 1.82) is 0 Å². The second-order valence-corrected chi connectivity index (χ2v) is 5.22. The van der Waals surface area contributed by atoms with Crippen LogP contribution in [0.4, 0.5) is 8.78 Å². The van der Waals surface area contributed by atoms with Crippen LogP contribution in [0.3, 0.4) is 0 Å². The van der Waals surface area contributed by atoms with Crippen molar-refractivity contribution in [2.45, 2.75) is 33.9 Å². The minimum Gasteiger partial charge on any atom is -0.308 e. The molecule has 1 nitrogen and oxygen atoms in total. The summed E-state index contributed by atoms with van der Waals surface area (Å²) in [5, 5.41) is 3.18. The van der Waals surface area contributed by atoms with E-state index in [0.717, 1.165) is 12.1 Å². The molecular formula is C17H19F2N. The summed E-state index contributed by atoms with van der Waals surface area (Å²) in [4.78, 5) is 0. The zero-order chi connectivity index (χ0) is 14.7. The van der Waals surface area contributed by atoms with Crippen molar-refractivity contribution in [3.05, 3.63) is 69.8 Å². The van der Waals surface area contributed by atoms with Crippen LogP contribution < -0.4 is 5.32 Å². The first-order chi connectivity index (χ1) is 9.47. The molecule has 3 heteroatoms. The summed E-state index contributed by atoms with van der Waals surface area (Å²) in [6.07, 6.45) is 0. The second kappa shape index (κ2) is 6.14. The van der Waals surface area contributed by atoms with E-state index in [1.54, 1.807) is 0 Å². The Labute approximate surface area is 118 Å². The molecule has 106 valence electrons. The molecule has 0 bridgehead atoms. The monoisotopic (exact) mass is 275 g/mol. The zero-order valence-electron chi connectivity index (χ0n) is 12.1. The first-order valence-corrected chi connectivity index (χ1v) is 6.68. The van der Waals surface area contributed by atoms with Gasteiger partial charge in [-0.1, -0.05) is 17.7 Å². The predicted molar refractivity (Wildman–Crippen MR) is 77.6 cm³/mol. The first kappa shape index (κ1) is 14.7. The molecular weight excluding hydrogens is 256 g/mol. The highest BCUT2D eigenvalue weighted by atomic mass is 19.1. The van der Waals surface area contributed by atoms with Crippen LogP contribution in [0.5, 0.6) is 0 Å². The van der Waals surface area contributed by atoms with E-state index in [0.29, 0.717) is 18.7 Å². The molecule has 0 unspecified atom stereocenters. The van der Waals surface area contributed by atoms with Crippen molar-refractivity contribution >= 4 is 0 Å². The van der Waals surface area contributed by atoms with Crippen LogP contribution in [-0.4, -0.2) is 0 Å². The van der Waals surface area contributed by atoms with Crippen LogP contribution in [0.25, 0.3) is 0 Å². The van der Waals surface area contributed by atoms with Crippen LogP contribution in [0, 0.1) is 32.4 Å². The molecule has 0 aliphatic carbocycles. The van der Waals surface area contributed by atoms with Gasteiger partial charge in [-0.3, -0.25) is 0 Å². The Balaban J connectivity index is 2.05. The molecule has 20 heavy (non-hydrogen) atoms. The molecule has 0 saturated carbocycles. The van der Waals surface area contributed by atoms with E-state index < -0.39 is 5.82 Å². The van der Waals surface area contributed by atoms with Gasteiger partial charge in [0.05, 0.1) is 0 Å². The highest BCUT2D eigenvalue weighted by molar-refractivity contribution is 5.37. The molecule has 0 saturated heterocycles. The fraction of sp³-hybridized carbons (Fsp3) is 0.294. The highest BCUT2D eigenvalue weighted by Crippen LogP contribution is 2.16. The lowest BCUT2D eigenvalue weighted by molar-refractivity contribution is 0.568. The van der Waals surface area contributed by atoms with Crippen LogP contribution in [0.15, 0.2) is 30.3 Å². The Hall–Kier alpha value is -1.74. The molecule has 0 aliphatic rings. The van der Waals surface area contributed by atoms with Gasteiger partial charge in [0.2, 0.25) is 0 Å². The van der Waals surface area contributed by atoms with E-state index in [1.807, 2.05) is 0 Å². The van der Waals surface area contributed by atoms with Gasteiger partial charge in [0, 0.05) is 18.7 Å². The highest BCUT2D eigenvalue weighted by Gasteiger charge is 2.06. The quantitative estimate of drug-likeness (QED) is 0.882. The van der Waals surface area contributed by atoms with E-state index in [4.69, 9.17) is 0 Å². The van der Waals surface area contributed by atoms with E-state index in [1.165, 1.54) is 28.3 Å². The summed E-state index contributed by atoms with van der Waals surface area (Å²) in [6, 6.07) is 7.79. The van der Waals surface area contributed by atoms with Crippen LogP contribution in [0.2, 0.25) is 0 Å². The Morgan fingerprint density at radius 1 is 0.900 bits per heavy atom. The van der Waals surface area contributed by atoms with Gasteiger partial charge in [0.1, 0.15) is 11.6 Å². The van der Waals surface area contributed by atoms with Crippen molar-refractivity contribution in [3.63, 3.8) is 0 Å². The number of hydrogen-bond acceptors (Lipinski definition) is 1. The van der Waals surface area contributed by atoms with Crippen molar-refractivity contribution in [1.82, 2.24) is 5.32 Å². The van der Waals surface area contributed by atoms with Crippen molar-refractivity contribution in [3.8, 4) is 0 Å². The fourth-order valence-electron chi connectivity index (χ4n) is 2.49. The zero-order valence-corrected chi connectivity index (χ0v) is 12.1. The third kappa shape index (κ3) is 3.42. The summed E-state index contributed by atoms with van der Waals surface area (Å²) in [7, 11) is 0. The van der Waals surface area contributed by atoms with Crippen molar-refractivity contribution in [2.24, 2.45) is 0 Å². The maximum atomic E-state index is 13.5. The van der Waals surface area contributed by atoms with Crippen LogP contribution in [0.1, 0.15) is 27.8 Å². The Morgan fingerprint density at radius 2 is 1.55 bits per heavy atom. The third-order valence-corrected chi connectivity index (χ3v) is 3.47. The topological polar surface area (TPSA) is 12.0 Å². The molecule has 0 fully saturated rings. The summed E-state index contributed by atoms with van der Waals surface area (Å²) in [5.74, 6) is -0.790. The molecule has 0 atom stereocenters. The number of hydrogen-bond donors (Lipinski definition) is 1. The SMILES string of the molecule is Cc1cc(C)c(CNCc2cc(F)ccc2F)c(C)c1. The largest absolute Gasteiger partial charge is 0.308 e. The normalized spacial score (nSPS) is 10.8. The number of benzene rings is 2. The van der Waals surface area contributed by atoms with E-state index in [-0.39, 0.29) is 5.82 Å². The molecule has 0 heterocycles. The molecule has 0 aromatic heterocycles. The van der Waals surface area contributed by atoms with E-state index in [2.05, 4.69) is 38.2 Å². The lowest BCUT2D eigenvalue weighted by atomic mass is 10.00. The Bertz CT molecular complexity index is 597. The van der Waals surface area contributed by atoms with Gasteiger partial charge in [-0.05, 0) is 55.7 Å². The van der Waals surface area contributed by atoms with Gasteiger partial charge in [0.15, 0.2) is 0 Å². The number of aryl methyl sites for hydroxylation is 3. The van der Waals surface area contributed by atoms with Gasteiger partial charge in [0.25, 0.3) is 0 Å². The number of halogens is 2. The predicted octanol–water partition coefficient (Wildman–Crippen LogP) is 4.18. The summed E-state index contributed by atoms with van der Waals surface area (Å²) in [5.41, 5.74) is 5.24. The molecule has 2 aromatic carbocycles. The van der Waals surface area contributed by atoms with Gasteiger partial charge in [-0.25, -0.2) is 8.78 Å². The van der Waals surface area contributed by atoms with Crippen LogP contribution >= 0.6 is 0 Å². The lowest BCUT2D eigenvalue weighted by Gasteiger charge is -2.12. The Kier molecular flexibility index (Phi) is 4.50. The smallest absolute Gasteiger partial charge is 0.127 e. The van der Waals surface area contributed by atoms with Gasteiger partial charge in [-0.15, -0.1) is 0 Å². The average Bonchev–Trinajstić information content (AvgIpc) is 2.36. The maximum Gasteiger partial charge on any atom is 0.127 e. The number of rotatable bonds is 4. The lowest BCUT2D eigenvalue weighted by Crippen LogP contribution is -2.15. The van der Waals surface area contributed by atoms with Crippen molar-refractivity contribution < 1.29 is 8.78 Å². The van der Waals surface area contributed by atoms with E-state index in [9.17, 15) is 8.78 Å². The fourth-order valence-corrected chi connectivity index (χ4v) is 2.49. The first-order valence-electron chi connectivity index (χ1n) is 6.68. The van der Waals surface area contributed by atoms with Gasteiger partial charge >= 0.3 is 0 Å². The minimum atomic E-state index is -0.411. The summed E-state index contributed by atoms with van der Waals surface area (Å²) >= 11 is 0. The van der Waals surface area contributed by atoms with Gasteiger partial charge < -0.3 is 5.32 Å². The van der Waals surface area contributed by atoms with Gasteiger partial charge in [-0.2, -0.15) is 0 Å². The molecule has 0 amide bonds. The van der Waals surface area contributed by atoms with Crippen LogP contribution in [-0.2, 0) is 13.1 Å². The van der Waals surface area contributed by atoms with Crippen molar-refractivity contribution in [2.75, 3.05) is 0 Å². The molecule has 0 spiro atoms. The van der Waals surface area contributed by atoms with E-state index >= 15 is 0 Å².